The monoisotopic (exact) mass is 130 g/mol. The lowest BCUT2D eigenvalue weighted by atomic mass is 10.1. The Hall–Kier alpha value is -0.530. The molecule has 0 aromatic heterocycles. The van der Waals surface area contributed by atoms with Gasteiger partial charge in [-0.15, -0.1) is 0 Å². The molecule has 0 bridgehead atoms. The van der Waals surface area contributed by atoms with E-state index >= 15 is 0 Å². The van der Waals surface area contributed by atoms with Crippen LogP contribution in [-0.2, 0) is 9.53 Å². The van der Waals surface area contributed by atoms with Gasteiger partial charge in [0.2, 0.25) is 0 Å². The van der Waals surface area contributed by atoms with Gasteiger partial charge in [-0.05, 0) is 19.3 Å². The predicted molar refractivity (Wildman–Crippen MR) is 36.1 cm³/mol. The first kappa shape index (κ1) is 8.47. The molecule has 0 aliphatic carbocycles. The number of ether oxygens (including phenoxy) is 1. The van der Waals surface area contributed by atoms with Gasteiger partial charge >= 0.3 is 0 Å². The minimum atomic E-state index is 0.0718. The number of carbonyl (C=O) groups excluding carboxylic acids is 1. The predicted octanol–water partition coefficient (Wildman–Crippen LogP) is 1.59. The van der Waals surface area contributed by atoms with E-state index in [1.165, 1.54) is 0 Å². The van der Waals surface area contributed by atoms with Gasteiger partial charge in [-0.3, -0.25) is 4.79 Å². The van der Waals surface area contributed by atoms with E-state index in [1.54, 1.807) is 0 Å². The first-order chi connectivity index (χ1) is 4.16. The smallest absolute Gasteiger partial charge is 0.293 e. The Kier molecular flexibility index (Phi) is 4.10. The van der Waals surface area contributed by atoms with E-state index in [-0.39, 0.29) is 6.10 Å². The third-order valence-electron chi connectivity index (χ3n) is 1.09. The van der Waals surface area contributed by atoms with Gasteiger partial charge in [0.15, 0.2) is 0 Å². The Morgan fingerprint density at radius 1 is 1.44 bits per heavy atom. The highest BCUT2D eigenvalue weighted by Crippen LogP contribution is 2.05. The van der Waals surface area contributed by atoms with E-state index in [4.69, 9.17) is 0 Å². The lowest BCUT2D eigenvalue weighted by molar-refractivity contribution is -0.133. The van der Waals surface area contributed by atoms with Crippen LogP contribution in [0, 0.1) is 5.92 Å². The molecule has 0 spiro atoms. The van der Waals surface area contributed by atoms with Gasteiger partial charge in [-0.1, -0.05) is 13.8 Å². The molecule has 0 aliphatic rings. The quantitative estimate of drug-likeness (QED) is 0.540. The van der Waals surface area contributed by atoms with Crippen LogP contribution in [0.3, 0.4) is 0 Å². The minimum absolute atomic E-state index is 0.0718. The van der Waals surface area contributed by atoms with Crippen molar-refractivity contribution >= 4 is 6.47 Å². The van der Waals surface area contributed by atoms with Crippen molar-refractivity contribution in [3.05, 3.63) is 0 Å². The van der Waals surface area contributed by atoms with Gasteiger partial charge in [-0.25, -0.2) is 0 Å². The van der Waals surface area contributed by atoms with Crippen LogP contribution in [0.2, 0.25) is 0 Å². The van der Waals surface area contributed by atoms with E-state index in [2.05, 4.69) is 18.6 Å². The van der Waals surface area contributed by atoms with Crippen molar-refractivity contribution in [1.82, 2.24) is 0 Å². The fourth-order valence-corrected chi connectivity index (χ4v) is 0.814. The van der Waals surface area contributed by atoms with Crippen molar-refractivity contribution in [2.75, 3.05) is 0 Å². The molecular weight excluding hydrogens is 116 g/mol. The Bertz CT molecular complexity index is 79.0. The molecule has 1 unspecified atom stereocenters. The van der Waals surface area contributed by atoms with E-state index in [0.29, 0.717) is 12.4 Å². The van der Waals surface area contributed by atoms with Crippen LogP contribution >= 0.6 is 0 Å². The average Bonchev–Trinajstić information content (AvgIpc) is 1.63. The van der Waals surface area contributed by atoms with Gasteiger partial charge in [0.1, 0.15) is 0 Å². The standard InChI is InChI=1S/C7H14O2/c1-6(2)4-7(3)9-5-8/h5-7H,4H2,1-3H3. The molecule has 54 valence electrons. The van der Waals surface area contributed by atoms with Gasteiger partial charge in [0.05, 0.1) is 6.10 Å². The van der Waals surface area contributed by atoms with E-state index in [0.717, 1.165) is 6.42 Å². The zero-order valence-electron chi connectivity index (χ0n) is 6.26. The highest BCUT2D eigenvalue weighted by Gasteiger charge is 2.03. The summed E-state index contributed by atoms with van der Waals surface area (Å²) < 4.78 is 4.67. The van der Waals surface area contributed by atoms with Crippen LogP contribution in [0.4, 0.5) is 0 Å². The first-order valence-corrected chi connectivity index (χ1v) is 3.26. The lowest BCUT2D eigenvalue weighted by Gasteiger charge is -2.10. The van der Waals surface area contributed by atoms with Crippen molar-refractivity contribution in [3.8, 4) is 0 Å². The van der Waals surface area contributed by atoms with E-state index in [1.807, 2.05) is 6.92 Å². The topological polar surface area (TPSA) is 26.3 Å². The molecule has 0 radical (unpaired) electrons. The van der Waals surface area contributed by atoms with Gasteiger partial charge in [-0.2, -0.15) is 0 Å². The lowest BCUT2D eigenvalue weighted by Crippen LogP contribution is -2.09. The molecule has 0 rings (SSSR count). The van der Waals surface area contributed by atoms with Crippen molar-refractivity contribution in [1.29, 1.82) is 0 Å². The van der Waals surface area contributed by atoms with E-state index in [9.17, 15) is 4.79 Å². The number of hydrogen-bond donors (Lipinski definition) is 0. The first-order valence-electron chi connectivity index (χ1n) is 3.26. The summed E-state index contributed by atoms with van der Waals surface area (Å²) in [6, 6.07) is 0. The molecule has 1 atom stereocenters. The van der Waals surface area contributed by atoms with Crippen LogP contribution in [0.1, 0.15) is 27.2 Å². The summed E-state index contributed by atoms with van der Waals surface area (Å²) in [5.74, 6) is 0.597. The van der Waals surface area contributed by atoms with Crippen molar-refractivity contribution in [3.63, 3.8) is 0 Å². The van der Waals surface area contributed by atoms with Crippen LogP contribution < -0.4 is 0 Å². The maximum atomic E-state index is 9.77. The Morgan fingerprint density at radius 2 is 2.00 bits per heavy atom. The zero-order chi connectivity index (χ0) is 7.28. The zero-order valence-corrected chi connectivity index (χ0v) is 6.26. The Morgan fingerprint density at radius 3 is 2.33 bits per heavy atom. The van der Waals surface area contributed by atoms with Crippen molar-refractivity contribution in [2.45, 2.75) is 33.3 Å². The molecule has 0 N–H and O–H groups in total. The molecular formula is C7H14O2. The third-order valence-corrected chi connectivity index (χ3v) is 1.09. The summed E-state index contributed by atoms with van der Waals surface area (Å²) in [4.78, 5) is 9.77. The van der Waals surface area contributed by atoms with Crippen molar-refractivity contribution in [2.24, 2.45) is 5.92 Å². The fourth-order valence-electron chi connectivity index (χ4n) is 0.814. The molecule has 0 aromatic rings. The second-order valence-electron chi connectivity index (χ2n) is 2.67. The Labute approximate surface area is 56.2 Å². The Balaban J connectivity index is 3.25. The van der Waals surface area contributed by atoms with E-state index < -0.39 is 0 Å². The summed E-state index contributed by atoms with van der Waals surface area (Å²) in [5, 5.41) is 0. The molecule has 2 nitrogen and oxygen atoms in total. The molecule has 9 heavy (non-hydrogen) atoms. The van der Waals surface area contributed by atoms with Crippen LogP contribution in [0.25, 0.3) is 0 Å². The molecule has 0 heterocycles. The summed E-state index contributed by atoms with van der Waals surface area (Å²) in [6.07, 6.45) is 1.01. The fraction of sp³-hybridized carbons (Fsp3) is 0.857. The second kappa shape index (κ2) is 4.36. The maximum Gasteiger partial charge on any atom is 0.293 e. The number of hydrogen-bond acceptors (Lipinski definition) is 2. The second-order valence-corrected chi connectivity index (χ2v) is 2.67. The molecule has 0 aromatic carbocycles. The average molecular weight is 130 g/mol. The largest absolute Gasteiger partial charge is 0.465 e. The summed E-state index contributed by atoms with van der Waals surface area (Å²) in [7, 11) is 0. The van der Waals surface area contributed by atoms with Gasteiger partial charge in [0, 0.05) is 0 Å². The summed E-state index contributed by atoms with van der Waals surface area (Å²) >= 11 is 0. The number of carbonyl (C=O) groups is 1. The highest BCUT2D eigenvalue weighted by atomic mass is 16.5. The third kappa shape index (κ3) is 5.34. The minimum Gasteiger partial charge on any atom is -0.465 e. The number of rotatable bonds is 4. The maximum absolute atomic E-state index is 9.77. The van der Waals surface area contributed by atoms with Gasteiger partial charge in [0.25, 0.3) is 6.47 Å². The highest BCUT2D eigenvalue weighted by molar-refractivity contribution is 5.37. The molecule has 0 aliphatic heterocycles. The SMILES string of the molecule is CC(C)CC(C)OC=O. The van der Waals surface area contributed by atoms with Crippen LogP contribution in [-0.4, -0.2) is 12.6 Å². The molecule has 2 heteroatoms. The summed E-state index contributed by atoms with van der Waals surface area (Å²) in [6.45, 7) is 6.61. The summed E-state index contributed by atoms with van der Waals surface area (Å²) in [5.41, 5.74) is 0. The van der Waals surface area contributed by atoms with Crippen LogP contribution in [0.5, 0.6) is 0 Å². The molecule has 0 saturated heterocycles. The molecule has 0 amide bonds. The molecule has 0 saturated carbocycles. The molecule has 0 fully saturated rings. The van der Waals surface area contributed by atoms with Crippen LogP contribution in [0.15, 0.2) is 0 Å². The van der Waals surface area contributed by atoms with Gasteiger partial charge < -0.3 is 4.74 Å². The normalized spacial score (nSPS) is 13.3. The van der Waals surface area contributed by atoms with Crippen molar-refractivity contribution < 1.29 is 9.53 Å².